The van der Waals surface area contributed by atoms with Gasteiger partial charge in [0, 0.05) is 35.0 Å². The number of aromatic hydroxyl groups is 2. The van der Waals surface area contributed by atoms with Gasteiger partial charge in [0.25, 0.3) is 0 Å². The summed E-state index contributed by atoms with van der Waals surface area (Å²) in [5, 5.41) is 24.1. The van der Waals surface area contributed by atoms with E-state index >= 15 is 0 Å². The van der Waals surface area contributed by atoms with E-state index in [0.717, 1.165) is 30.4 Å². The average Bonchev–Trinajstić information content (AvgIpc) is 2.57. The highest BCUT2D eigenvalue weighted by Crippen LogP contribution is 2.48. The molecule has 2 aliphatic rings. The van der Waals surface area contributed by atoms with E-state index in [1.807, 2.05) is 24.3 Å². The van der Waals surface area contributed by atoms with Crippen molar-refractivity contribution in [2.24, 2.45) is 11.8 Å². The lowest BCUT2D eigenvalue weighted by Gasteiger charge is -2.45. The first-order valence-corrected chi connectivity index (χ1v) is 8.52. The summed E-state index contributed by atoms with van der Waals surface area (Å²) < 4.78 is 0. The van der Waals surface area contributed by atoms with Gasteiger partial charge in [0.2, 0.25) is 0 Å². The zero-order chi connectivity index (χ0) is 16.7. The Bertz CT molecular complexity index is 711. The quantitative estimate of drug-likeness (QED) is 0.791. The summed E-state index contributed by atoms with van der Waals surface area (Å²) in [4.78, 5) is 13.0. The maximum Gasteiger partial charge on any atom is 0.142 e. The lowest BCUT2D eigenvalue weighted by atomic mass is 9.67. The maximum atomic E-state index is 13.0. The number of hydrogen-bond acceptors (Lipinski definition) is 4. The second-order valence-corrected chi connectivity index (χ2v) is 6.79. The van der Waals surface area contributed by atoms with E-state index in [1.165, 1.54) is 0 Å². The first kappa shape index (κ1) is 15.2. The number of carbonyl (C=O) groups is 1. The van der Waals surface area contributed by atoms with Gasteiger partial charge >= 0.3 is 0 Å². The lowest BCUT2D eigenvalue weighted by Crippen LogP contribution is -2.50. The highest BCUT2D eigenvalue weighted by atomic mass is 16.3. The highest BCUT2D eigenvalue weighted by molar-refractivity contribution is 5.87. The molecule has 0 radical (unpaired) electrons. The third-order valence-electron chi connectivity index (χ3n) is 5.47. The summed E-state index contributed by atoms with van der Waals surface area (Å²) in [6.45, 7) is 0. The van der Waals surface area contributed by atoms with Gasteiger partial charge in [0.05, 0.1) is 0 Å². The van der Waals surface area contributed by atoms with Gasteiger partial charge in [-0.3, -0.25) is 4.79 Å². The molecule has 0 unspecified atom stereocenters. The molecule has 1 saturated carbocycles. The number of nitrogens with one attached hydrogen (secondary N) is 1. The topological polar surface area (TPSA) is 69.6 Å². The van der Waals surface area contributed by atoms with Gasteiger partial charge in [-0.25, -0.2) is 0 Å². The van der Waals surface area contributed by atoms with Crippen LogP contribution in [0.25, 0.3) is 0 Å². The number of Topliss-reactive ketones (excluding diaryl/α,β-unsaturated/α-hetero) is 1. The molecule has 0 amide bonds. The molecule has 4 rings (SSSR count). The van der Waals surface area contributed by atoms with Gasteiger partial charge in [-0.1, -0.05) is 42.8 Å². The molecule has 1 aliphatic heterocycles. The number of carbonyl (C=O) groups excluding carboxylic acids is 1. The lowest BCUT2D eigenvalue weighted by molar-refractivity contribution is -0.135. The van der Waals surface area contributed by atoms with Crippen LogP contribution in [0.3, 0.4) is 0 Å². The molecule has 0 aromatic heterocycles. The van der Waals surface area contributed by atoms with Crippen LogP contribution in [0.2, 0.25) is 0 Å². The minimum atomic E-state index is -0.222. The Morgan fingerprint density at radius 1 is 0.792 bits per heavy atom. The van der Waals surface area contributed by atoms with Crippen LogP contribution in [-0.2, 0) is 4.79 Å². The Morgan fingerprint density at radius 3 is 1.71 bits per heavy atom. The normalized spacial score (nSPS) is 29.4. The van der Waals surface area contributed by atoms with Gasteiger partial charge < -0.3 is 15.5 Å². The molecular formula is C20H21NO3. The van der Waals surface area contributed by atoms with E-state index in [4.69, 9.17) is 0 Å². The zero-order valence-corrected chi connectivity index (χ0v) is 13.4. The Kier molecular flexibility index (Phi) is 3.77. The number of para-hydroxylation sites is 2. The van der Waals surface area contributed by atoms with Crippen molar-refractivity contribution in [3.05, 3.63) is 59.7 Å². The number of phenolic OH excluding ortho intramolecular Hbond substituents is 2. The second kappa shape index (κ2) is 5.95. The Balaban J connectivity index is 1.78. The van der Waals surface area contributed by atoms with Crippen LogP contribution >= 0.6 is 0 Å². The fraction of sp³-hybridized carbons (Fsp3) is 0.350. The third-order valence-corrected chi connectivity index (χ3v) is 5.47. The monoisotopic (exact) mass is 323 g/mol. The van der Waals surface area contributed by atoms with Crippen LogP contribution in [0.5, 0.6) is 11.5 Å². The number of fused-ring (bicyclic) bond motifs is 2. The third kappa shape index (κ3) is 2.38. The zero-order valence-electron chi connectivity index (χ0n) is 13.4. The van der Waals surface area contributed by atoms with Gasteiger partial charge in [-0.2, -0.15) is 0 Å². The number of rotatable bonds is 2. The number of ketones is 1. The van der Waals surface area contributed by atoms with Crippen molar-refractivity contribution >= 4 is 5.78 Å². The van der Waals surface area contributed by atoms with Crippen LogP contribution in [0, 0.1) is 11.8 Å². The predicted octanol–water partition coefficient (Wildman–Crippen LogP) is 3.47. The van der Waals surface area contributed by atoms with E-state index in [-0.39, 0.29) is 41.2 Å². The van der Waals surface area contributed by atoms with Crippen molar-refractivity contribution in [1.82, 2.24) is 5.32 Å². The van der Waals surface area contributed by atoms with Crippen molar-refractivity contribution in [3.63, 3.8) is 0 Å². The maximum absolute atomic E-state index is 13.0. The first-order chi connectivity index (χ1) is 11.7. The molecule has 24 heavy (non-hydrogen) atoms. The summed E-state index contributed by atoms with van der Waals surface area (Å²) in [7, 11) is 0. The molecule has 0 spiro atoms. The molecule has 2 aromatic carbocycles. The number of hydrogen-bond donors (Lipinski definition) is 3. The molecule has 2 fully saturated rings. The van der Waals surface area contributed by atoms with E-state index < -0.39 is 0 Å². The van der Waals surface area contributed by atoms with E-state index in [2.05, 4.69) is 5.32 Å². The van der Waals surface area contributed by atoms with Crippen molar-refractivity contribution in [3.8, 4) is 11.5 Å². The van der Waals surface area contributed by atoms with Gasteiger partial charge in [0.15, 0.2) is 0 Å². The van der Waals surface area contributed by atoms with Crippen LogP contribution < -0.4 is 5.32 Å². The van der Waals surface area contributed by atoms with E-state index in [0.29, 0.717) is 0 Å². The summed E-state index contributed by atoms with van der Waals surface area (Å²) in [6.07, 6.45) is 2.68. The van der Waals surface area contributed by atoms with Crippen molar-refractivity contribution in [2.45, 2.75) is 31.3 Å². The molecule has 3 N–H and O–H groups in total. The molecule has 1 aliphatic carbocycles. The van der Waals surface area contributed by atoms with Crippen LogP contribution in [0.4, 0.5) is 0 Å². The summed E-state index contributed by atoms with van der Waals surface area (Å²) in [6, 6.07) is 13.9. The van der Waals surface area contributed by atoms with Gasteiger partial charge in [-0.15, -0.1) is 0 Å². The summed E-state index contributed by atoms with van der Waals surface area (Å²) in [5.41, 5.74) is 1.52. The van der Waals surface area contributed by atoms with Crippen LogP contribution in [0.1, 0.15) is 42.5 Å². The Labute approximate surface area is 141 Å². The minimum Gasteiger partial charge on any atom is -0.508 e. The van der Waals surface area contributed by atoms with E-state index in [1.54, 1.807) is 24.3 Å². The molecule has 124 valence electrons. The largest absolute Gasteiger partial charge is 0.508 e. The van der Waals surface area contributed by atoms with Crippen LogP contribution in [0.15, 0.2) is 48.5 Å². The van der Waals surface area contributed by atoms with Crippen molar-refractivity contribution < 1.29 is 15.0 Å². The fourth-order valence-corrected chi connectivity index (χ4v) is 4.32. The summed E-state index contributed by atoms with van der Waals surface area (Å²) >= 11 is 0. The molecule has 4 heteroatoms. The molecule has 2 aromatic rings. The fourth-order valence-electron chi connectivity index (χ4n) is 4.32. The molecule has 1 saturated heterocycles. The molecule has 1 heterocycles. The number of phenols is 2. The summed E-state index contributed by atoms with van der Waals surface area (Å²) in [5.74, 6) is 0.450. The molecule has 4 nitrogen and oxygen atoms in total. The Hall–Kier alpha value is -2.33. The minimum absolute atomic E-state index is 0.112. The van der Waals surface area contributed by atoms with E-state index in [9.17, 15) is 15.0 Å². The van der Waals surface area contributed by atoms with Crippen molar-refractivity contribution in [1.29, 1.82) is 0 Å². The molecule has 2 bridgehead atoms. The molecule has 4 atom stereocenters. The van der Waals surface area contributed by atoms with Gasteiger partial charge in [-0.05, 0) is 25.0 Å². The van der Waals surface area contributed by atoms with Crippen LogP contribution in [-0.4, -0.2) is 16.0 Å². The number of piperidine rings is 1. The molecular weight excluding hydrogens is 302 g/mol. The SMILES string of the molecule is O=C1[C@H]2CCC[C@H]1[C@H](c1ccccc1O)N[C@@H]2c1ccccc1O. The second-order valence-electron chi connectivity index (χ2n) is 6.79. The van der Waals surface area contributed by atoms with Gasteiger partial charge in [0.1, 0.15) is 17.3 Å². The predicted molar refractivity (Wildman–Crippen MR) is 90.7 cm³/mol. The highest BCUT2D eigenvalue weighted by Gasteiger charge is 2.47. The number of benzene rings is 2. The smallest absolute Gasteiger partial charge is 0.142 e. The standard InChI is InChI=1S/C20H21NO3/c22-16-10-3-1-6-12(16)18-14-8-5-9-15(20(14)24)19(21-18)13-7-2-4-11-17(13)23/h1-4,6-7,10-11,14-15,18-19,21-23H,5,8-9H2/t14-,15-,18-,19+/m0/s1. The Morgan fingerprint density at radius 2 is 1.25 bits per heavy atom. The van der Waals surface area contributed by atoms with Crippen molar-refractivity contribution in [2.75, 3.05) is 0 Å². The first-order valence-electron chi connectivity index (χ1n) is 8.52. The average molecular weight is 323 g/mol.